The third kappa shape index (κ3) is 23.3. The van der Waals surface area contributed by atoms with Crippen molar-refractivity contribution in [3.05, 3.63) is 24.3 Å². The highest BCUT2D eigenvalue weighted by Gasteiger charge is 2.44. The van der Waals surface area contributed by atoms with Gasteiger partial charge in [-0.3, -0.25) is 9.59 Å². The first-order valence-electron chi connectivity index (χ1n) is 19.4. The SMILES string of the molecule is CCCC/C=C\C/C=C\CCCCCCCC(=O)OC(COC(=O)CCCCCCCCCCCC)COC1OC(CO)C(O)C(O)C1O. The first kappa shape index (κ1) is 45.2. The van der Waals surface area contributed by atoms with Gasteiger partial charge in [0.2, 0.25) is 0 Å². The number of unbranched alkanes of at least 4 members (excludes halogenated alkanes) is 16. The van der Waals surface area contributed by atoms with Crippen LogP contribution in [0.15, 0.2) is 24.3 Å². The summed E-state index contributed by atoms with van der Waals surface area (Å²) in [6, 6.07) is 0. The average Bonchev–Trinajstić information content (AvgIpc) is 3.10. The molecule has 0 bridgehead atoms. The number of carbonyl (C=O) groups excluding carboxylic acids is 2. The number of esters is 2. The molecular formula is C39H70O10. The lowest BCUT2D eigenvalue weighted by atomic mass is 9.99. The molecule has 1 saturated heterocycles. The van der Waals surface area contributed by atoms with Crippen LogP contribution in [0.25, 0.3) is 0 Å². The molecule has 1 aliphatic rings. The standard InChI is InChI=1S/C39H70O10/c1-3-5-7-9-11-13-15-16-17-18-20-22-24-26-28-35(42)48-32(31-47-39-38(45)37(44)36(43)33(29-40)49-39)30-46-34(41)27-25-23-21-19-14-12-10-8-6-4-2/h9,11,15-16,32-33,36-40,43-45H,3-8,10,12-14,17-31H2,1-2H3/b11-9-,16-15-. The molecule has 4 N–H and O–H groups in total. The van der Waals surface area contributed by atoms with Gasteiger partial charge in [-0.1, -0.05) is 128 Å². The maximum absolute atomic E-state index is 12.7. The highest BCUT2D eigenvalue weighted by atomic mass is 16.7. The van der Waals surface area contributed by atoms with Crippen LogP contribution in [0.1, 0.15) is 155 Å². The molecule has 6 atom stereocenters. The molecule has 286 valence electrons. The molecule has 1 rings (SSSR count). The Kier molecular flexibility index (Phi) is 28.6. The lowest BCUT2D eigenvalue weighted by Gasteiger charge is -2.39. The first-order valence-corrected chi connectivity index (χ1v) is 19.4. The fourth-order valence-electron chi connectivity index (χ4n) is 5.67. The molecule has 0 saturated carbocycles. The van der Waals surface area contributed by atoms with Crippen molar-refractivity contribution in [1.82, 2.24) is 0 Å². The van der Waals surface area contributed by atoms with Gasteiger partial charge < -0.3 is 39.4 Å². The van der Waals surface area contributed by atoms with Gasteiger partial charge >= 0.3 is 11.9 Å². The van der Waals surface area contributed by atoms with Crippen LogP contribution in [0, 0.1) is 0 Å². The minimum absolute atomic E-state index is 0.216. The second-order valence-electron chi connectivity index (χ2n) is 13.4. The molecule has 1 aliphatic heterocycles. The number of hydrogen-bond acceptors (Lipinski definition) is 10. The predicted molar refractivity (Wildman–Crippen MR) is 192 cm³/mol. The molecule has 0 radical (unpaired) electrons. The van der Waals surface area contributed by atoms with E-state index in [-0.39, 0.29) is 32.0 Å². The second kappa shape index (κ2) is 31.0. The Balaban J connectivity index is 2.41. The Labute approximate surface area is 296 Å². The van der Waals surface area contributed by atoms with Gasteiger partial charge in [-0.2, -0.15) is 0 Å². The number of aliphatic hydroxyl groups is 4. The van der Waals surface area contributed by atoms with Gasteiger partial charge in [0.15, 0.2) is 12.4 Å². The second-order valence-corrected chi connectivity index (χ2v) is 13.4. The van der Waals surface area contributed by atoms with Crippen molar-refractivity contribution in [2.75, 3.05) is 19.8 Å². The Morgan fingerprint density at radius 1 is 0.633 bits per heavy atom. The number of hydrogen-bond donors (Lipinski definition) is 4. The van der Waals surface area contributed by atoms with Crippen molar-refractivity contribution < 1.29 is 49.0 Å². The highest BCUT2D eigenvalue weighted by Crippen LogP contribution is 2.22. The predicted octanol–water partition coefficient (Wildman–Crippen LogP) is 6.99. The third-order valence-electron chi connectivity index (χ3n) is 8.84. The van der Waals surface area contributed by atoms with Crippen LogP contribution in [0.5, 0.6) is 0 Å². The molecule has 0 aromatic carbocycles. The van der Waals surface area contributed by atoms with E-state index >= 15 is 0 Å². The molecule has 0 aromatic heterocycles. The molecule has 1 fully saturated rings. The maximum atomic E-state index is 12.7. The van der Waals surface area contributed by atoms with E-state index < -0.39 is 49.4 Å². The fourth-order valence-corrected chi connectivity index (χ4v) is 5.67. The quantitative estimate of drug-likeness (QED) is 0.0339. The van der Waals surface area contributed by atoms with Crippen molar-refractivity contribution >= 4 is 11.9 Å². The van der Waals surface area contributed by atoms with Gasteiger partial charge in [-0.25, -0.2) is 0 Å². The molecule has 0 aliphatic carbocycles. The molecule has 10 heteroatoms. The lowest BCUT2D eigenvalue weighted by molar-refractivity contribution is -0.305. The van der Waals surface area contributed by atoms with E-state index in [0.29, 0.717) is 6.42 Å². The summed E-state index contributed by atoms with van der Waals surface area (Å²) in [5.41, 5.74) is 0. The molecule has 0 amide bonds. The minimum Gasteiger partial charge on any atom is -0.462 e. The molecule has 10 nitrogen and oxygen atoms in total. The molecule has 49 heavy (non-hydrogen) atoms. The largest absolute Gasteiger partial charge is 0.462 e. The molecule has 1 heterocycles. The smallest absolute Gasteiger partial charge is 0.306 e. The Hall–Kier alpha value is -1.82. The summed E-state index contributed by atoms with van der Waals surface area (Å²) in [7, 11) is 0. The van der Waals surface area contributed by atoms with E-state index in [2.05, 4.69) is 38.2 Å². The maximum Gasteiger partial charge on any atom is 0.306 e. The van der Waals surface area contributed by atoms with E-state index in [4.69, 9.17) is 18.9 Å². The first-order chi connectivity index (χ1) is 23.8. The summed E-state index contributed by atoms with van der Waals surface area (Å²) in [6.45, 7) is 3.33. The summed E-state index contributed by atoms with van der Waals surface area (Å²) >= 11 is 0. The summed E-state index contributed by atoms with van der Waals surface area (Å²) in [6.07, 6.45) is 23.3. The molecular weight excluding hydrogens is 628 g/mol. The fraction of sp³-hybridized carbons (Fsp3) is 0.846. The van der Waals surface area contributed by atoms with Crippen molar-refractivity contribution in [1.29, 1.82) is 0 Å². The Morgan fingerprint density at radius 2 is 1.16 bits per heavy atom. The Morgan fingerprint density at radius 3 is 1.76 bits per heavy atom. The molecule has 6 unspecified atom stereocenters. The summed E-state index contributed by atoms with van der Waals surface area (Å²) in [4.78, 5) is 25.1. The van der Waals surface area contributed by atoms with Gasteiger partial charge in [-0.15, -0.1) is 0 Å². The zero-order chi connectivity index (χ0) is 36.0. The van der Waals surface area contributed by atoms with E-state index in [1.165, 1.54) is 57.8 Å². The van der Waals surface area contributed by atoms with Crippen molar-refractivity contribution in [2.45, 2.75) is 192 Å². The monoisotopic (exact) mass is 698 g/mol. The summed E-state index contributed by atoms with van der Waals surface area (Å²) in [5.74, 6) is -0.824. The highest BCUT2D eigenvalue weighted by molar-refractivity contribution is 5.70. The third-order valence-corrected chi connectivity index (χ3v) is 8.84. The van der Waals surface area contributed by atoms with Gasteiger partial charge in [0.25, 0.3) is 0 Å². The van der Waals surface area contributed by atoms with Crippen molar-refractivity contribution in [3.8, 4) is 0 Å². The summed E-state index contributed by atoms with van der Waals surface area (Å²) in [5, 5.41) is 39.9. The van der Waals surface area contributed by atoms with Crippen LogP contribution in [0.3, 0.4) is 0 Å². The van der Waals surface area contributed by atoms with Crippen LogP contribution in [-0.4, -0.2) is 89.0 Å². The summed E-state index contributed by atoms with van der Waals surface area (Å²) < 4.78 is 22.0. The zero-order valence-corrected chi connectivity index (χ0v) is 30.7. The Bertz CT molecular complexity index is 861. The van der Waals surface area contributed by atoms with Gasteiger partial charge in [-0.05, 0) is 38.5 Å². The van der Waals surface area contributed by atoms with Gasteiger partial charge in [0.05, 0.1) is 13.2 Å². The number of ether oxygens (including phenoxy) is 4. The minimum atomic E-state index is -1.59. The number of rotatable bonds is 31. The number of carbonyl (C=O) groups is 2. The molecule has 0 aromatic rings. The van der Waals surface area contributed by atoms with Crippen LogP contribution in [-0.2, 0) is 28.5 Å². The van der Waals surface area contributed by atoms with Crippen LogP contribution in [0.2, 0.25) is 0 Å². The van der Waals surface area contributed by atoms with E-state index in [1.807, 2.05) is 0 Å². The van der Waals surface area contributed by atoms with Crippen LogP contribution < -0.4 is 0 Å². The van der Waals surface area contributed by atoms with E-state index in [1.54, 1.807) is 0 Å². The lowest BCUT2D eigenvalue weighted by Crippen LogP contribution is -2.59. The topological polar surface area (TPSA) is 152 Å². The van der Waals surface area contributed by atoms with Crippen molar-refractivity contribution in [2.24, 2.45) is 0 Å². The average molecular weight is 699 g/mol. The zero-order valence-electron chi connectivity index (χ0n) is 30.7. The number of aliphatic hydroxyl groups excluding tert-OH is 4. The van der Waals surface area contributed by atoms with Crippen molar-refractivity contribution in [3.63, 3.8) is 0 Å². The van der Waals surface area contributed by atoms with E-state index in [9.17, 15) is 30.0 Å². The van der Waals surface area contributed by atoms with E-state index in [0.717, 1.165) is 64.2 Å². The molecule has 0 spiro atoms. The normalized spacial score (nSPS) is 21.8. The van der Waals surface area contributed by atoms with Crippen LogP contribution in [0.4, 0.5) is 0 Å². The van der Waals surface area contributed by atoms with Gasteiger partial charge in [0.1, 0.15) is 31.0 Å². The van der Waals surface area contributed by atoms with Crippen LogP contribution >= 0.6 is 0 Å². The van der Waals surface area contributed by atoms with Gasteiger partial charge in [0, 0.05) is 12.8 Å². The number of allylic oxidation sites excluding steroid dienone is 4.